The number of hydrogen-bond donors (Lipinski definition) is 1. The maximum absolute atomic E-state index is 13.9. The molecule has 3 heterocycles. The summed E-state index contributed by atoms with van der Waals surface area (Å²) < 4.78 is 57.3. The summed E-state index contributed by atoms with van der Waals surface area (Å²) in [6.07, 6.45) is -5.87. The molecule has 2 aromatic heterocycles. The van der Waals surface area contributed by atoms with E-state index in [9.17, 15) is 18.3 Å². The molecule has 34 heavy (non-hydrogen) atoms. The number of halogens is 3. The zero-order chi connectivity index (χ0) is 23.9. The van der Waals surface area contributed by atoms with Crippen LogP contribution in [0.5, 0.6) is 5.75 Å². The minimum atomic E-state index is -4.80. The van der Waals surface area contributed by atoms with E-state index in [1.807, 2.05) is 0 Å². The second kappa shape index (κ2) is 8.21. The number of aromatic nitrogens is 3. The van der Waals surface area contributed by atoms with Crippen LogP contribution in [-0.2, 0) is 6.18 Å². The highest BCUT2D eigenvalue weighted by Crippen LogP contribution is 2.43. The van der Waals surface area contributed by atoms with E-state index in [0.29, 0.717) is 16.9 Å². The van der Waals surface area contributed by atoms with Crippen LogP contribution in [0, 0.1) is 0 Å². The number of hydrogen-bond acceptors (Lipinski definition) is 8. The maximum Gasteiger partial charge on any atom is 0.422 e. The van der Waals surface area contributed by atoms with E-state index in [-0.39, 0.29) is 18.0 Å². The molecule has 13 heteroatoms. The molecular formula is C21H13F3N6O4. The number of benzene rings is 2. The van der Waals surface area contributed by atoms with Gasteiger partial charge in [0.1, 0.15) is 23.0 Å². The Kier molecular flexibility index (Phi) is 5.19. The van der Waals surface area contributed by atoms with Crippen LogP contribution in [0.4, 0.5) is 13.2 Å². The predicted octanol–water partition coefficient (Wildman–Crippen LogP) is 5.18. The van der Waals surface area contributed by atoms with E-state index >= 15 is 0 Å². The van der Waals surface area contributed by atoms with Gasteiger partial charge in [-0.1, -0.05) is 57.9 Å². The lowest BCUT2D eigenvalue weighted by atomic mass is 9.98. The van der Waals surface area contributed by atoms with Gasteiger partial charge in [-0.3, -0.25) is 0 Å². The summed E-state index contributed by atoms with van der Waals surface area (Å²) in [5.41, 5.74) is 8.03. The molecule has 10 nitrogen and oxygen atoms in total. The topological polar surface area (TPSA) is 143 Å². The highest BCUT2D eigenvalue weighted by Gasteiger charge is 2.43. The van der Waals surface area contributed by atoms with Crippen LogP contribution in [0.25, 0.3) is 44.7 Å². The van der Waals surface area contributed by atoms with Gasteiger partial charge in [0.15, 0.2) is 0 Å². The molecule has 2 unspecified atom stereocenters. The Morgan fingerprint density at radius 2 is 1.85 bits per heavy atom. The first kappa shape index (κ1) is 21.5. The molecule has 1 N–H and O–H groups in total. The Bertz CT molecular complexity index is 1400. The monoisotopic (exact) mass is 470 g/mol. The van der Waals surface area contributed by atoms with Crippen molar-refractivity contribution in [3.05, 3.63) is 70.1 Å². The third-order valence-electron chi connectivity index (χ3n) is 5.21. The third-order valence-corrected chi connectivity index (χ3v) is 5.21. The number of aliphatic hydroxyl groups excluding tert-OH is 1. The smallest absolute Gasteiger partial charge is 0.422 e. The largest absolute Gasteiger partial charge is 0.493 e. The van der Waals surface area contributed by atoms with Gasteiger partial charge >= 0.3 is 6.18 Å². The first-order chi connectivity index (χ1) is 16.4. The fraction of sp³-hybridized carbons (Fsp3) is 0.190. The normalized spacial score (nSPS) is 17.5. The fourth-order valence-corrected chi connectivity index (χ4v) is 3.60. The molecule has 0 radical (unpaired) electrons. The molecule has 0 amide bonds. The molecule has 0 fully saturated rings. The quantitative estimate of drug-likeness (QED) is 0.246. The number of rotatable bonds is 4. The van der Waals surface area contributed by atoms with Crippen molar-refractivity contribution in [2.45, 2.75) is 18.3 Å². The minimum absolute atomic E-state index is 0.0288. The summed E-state index contributed by atoms with van der Waals surface area (Å²) in [5.74, 6) is -0.937. The Balaban J connectivity index is 1.51. The highest BCUT2D eigenvalue weighted by molar-refractivity contribution is 5.71. The molecular weight excluding hydrogens is 457 g/mol. The van der Waals surface area contributed by atoms with Crippen LogP contribution in [0.1, 0.15) is 17.2 Å². The number of alkyl halides is 3. The van der Waals surface area contributed by atoms with Crippen molar-refractivity contribution >= 4 is 0 Å². The van der Waals surface area contributed by atoms with Gasteiger partial charge < -0.3 is 18.9 Å². The van der Waals surface area contributed by atoms with Crippen LogP contribution >= 0.6 is 0 Å². The summed E-state index contributed by atoms with van der Waals surface area (Å²) >= 11 is 0. The zero-order valence-corrected chi connectivity index (χ0v) is 17.0. The van der Waals surface area contributed by atoms with Crippen molar-refractivity contribution in [1.82, 2.24) is 15.3 Å². The first-order valence-corrected chi connectivity index (χ1v) is 9.82. The van der Waals surface area contributed by atoms with Crippen LogP contribution < -0.4 is 4.74 Å². The Labute approximate surface area is 188 Å². The van der Waals surface area contributed by atoms with E-state index < -0.39 is 41.2 Å². The molecule has 0 saturated carbocycles. The molecule has 1 aliphatic rings. The minimum Gasteiger partial charge on any atom is -0.493 e. The molecule has 172 valence electrons. The Morgan fingerprint density at radius 1 is 1.06 bits per heavy atom. The molecule has 2 atom stereocenters. The van der Waals surface area contributed by atoms with Crippen molar-refractivity contribution in [3.63, 3.8) is 0 Å². The van der Waals surface area contributed by atoms with E-state index in [4.69, 9.17) is 19.3 Å². The summed E-state index contributed by atoms with van der Waals surface area (Å²) in [7, 11) is 0. The molecule has 0 saturated heterocycles. The van der Waals surface area contributed by atoms with Gasteiger partial charge in [0.05, 0.1) is 12.7 Å². The van der Waals surface area contributed by atoms with Gasteiger partial charge in [-0.2, -0.15) is 18.2 Å². The fourth-order valence-electron chi connectivity index (χ4n) is 3.60. The Morgan fingerprint density at radius 3 is 2.59 bits per heavy atom. The molecule has 5 rings (SSSR count). The first-order valence-electron chi connectivity index (χ1n) is 9.82. The van der Waals surface area contributed by atoms with E-state index in [1.54, 1.807) is 18.2 Å². The second-order valence-electron chi connectivity index (χ2n) is 7.30. The van der Waals surface area contributed by atoms with Gasteiger partial charge in [-0.05, 0) is 11.6 Å². The van der Waals surface area contributed by atoms with Crippen molar-refractivity contribution < 1.29 is 32.1 Å². The number of aliphatic hydroxyl groups is 1. The molecule has 0 spiro atoms. The summed E-state index contributed by atoms with van der Waals surface area (Å²) in [5, 5.41) is 21.2. The molecule has 4 aromatic rings. The van der Waals surface area contributed by atoms with Crippen molar-refractivity contribution in [2.75, 3.05) is 6.61 Å². The number of ether oxygens (including phenoxy) is 1. The second-order valence-corrected chi connectivity index (χ2v) is 7.30. The molecule has 1 aliphatic heterocycles. The standard InChI is InChI=1S/C21H13F3N6O4/c22-21(23,24)15-16(10-4-2-1-3-5-10)28-33-18(15)20-26-19(29-34-20)11-6-7-12-14(8-11)32-9-13(17(12)31)27-30-25/h1-8,13,17,31H,9H2. The van der Waals surface area contributed by atoms with E-state index in [2.05, 4.69) is 25.3 Å². The Hall–Kier alpha value is -4.35. The van der Waals surface area contributed by atoms with Crippen LogP contribution in [0.3, 0.4) is 0 Å². The predicted molar refractivity (Wildman–Crippen MR) is 109 cm³/mol. The lowest BCUT2D eigenvalue weighted by Gasteiger charge is -2.27. The summed E-state index contributed by atoms with van der Waals surface area (Å²) in [4.78, 5) is 6.73. The molecule has 2 aromatic carbocycles. The highest BCUT2D eigenvalue weighted by atomic mass is 19.4. The van der Waals surface area contributed by atoms with Gasteiger partial charge in [0.2, 0.25) is 11.6 Å². The van der Waals surface area contributed by atoms with Crippen LogP contribution in [0.2, 0.25) is 0 Å². The average Bonchev–Trinajstić information content (AvgIpc) is 3.49. The number of azide groups is 1. The maximum atomic E-state index is 13.9. The lowest BCUT2D eigenvalue weighted by Crippen LogP contribution is -2.28. The van der Waals surface area contributed by atoms with Gasteiger partial charge in [-0.25, -0.2) is 0 Å². The van der Waals surface area contributed by atoms with Gasteiger partial charge in [-0.15, -0.1) is 0 Å². The van der Waals surface area contributed by atoms with Gasteiger partial charge in [0, 0.05) is 21.6 Å². The third kappa shape index (κ3) is 3.72. The molecule has 0 aliphatic carbocycles. The van der Waals surface area contributed by atoms with Crippen LogP contribution in [0.15, 0.2) is 62.7 Å². The van der Waals surface area contributed by atoms with Crippen molar-refractivity contribution in [3.8, 4) is 40.0 Å². The van der Waals surface area contributed by atoms with E-state index in [0.717, 1.165) is 0 Å². The van der Waals surface area contributed by atoms with Crippen molar-refractivity contribution in [1.29, 1.82) is 0 Å². The summed E-state index contributed by atoms with van der Waals surface area (Å²) in [6.45, 7) is -0.0472. The lowest BCUT2D eigenvalue weighted by molar-refractivity contribution is -0.136. The SMILES string of the molecule is [N-]=[N+]=NC1COc2cc(-c3noc(-c4onc(-c5ccccc5)c4C(F)(F)F)n3)ccc2C1O. The van der Waals surface area contributed by atoms with Crippen LogP contribution in [-0.4, -0.2) is 33.1 Å². The molecule has 0 bridgehead atoms. The van der Waals surface area contributed by atoms with Crippen molar-refractivity contribution in [2.24, 2.45) is 5.11 Å². The average molecular weight is 470 g/mol. The number of fused-ring (bicyclic) bond motifs is 1. The zero-order valence-electron chi connectivity index (χ0n) is 17.0. The summed E-state index contributed by atoms with van der Waals surface area (Å²) in [6, 6.07) is 11.5. The van der Waals surface area contributed by atoms with E-state index in [1.165, 1.54) is 30.3 Å². The number of nitrogens with zero attached hydrogens (tertiary/aromatic N) is 6. The van der Waals surface area contributed by atoms with Gasteiger partial charge in [0.25, 0.3) is 5.89 Å².